The maximum absolute atomic E-state index is 11.2. The predicted octanol–water partition coefficient (Wildman–Crippen LogP) is 2.35. The van der Waals surface area contributed by atoms with E-state index in [1.165, 1.54) is 12.1 Å². The number of primary sulfonamides is 1. The van der Waals surface area contributed by atoms with E-state index in [1.807, 2.05) is 5.38 Å². The molecule has 0 bridgehead atoms. The minimum Gasteiger partial charge on any atom is -0.376 e. The molecule has 0 aliphatic heterocycles. The Hall–Kier alpha value is -1.44. The smallest absolute Gasteiger partial charge is 0.238 e. The number of thiazole rings is 1. The summed E-state index contributed by atoms with van der Waals surface area (Å²) in [6, 6.07) is 6.52. The third-order valence-electron chi connectivity index (χ3n) is 2.68. The molecule has 3 N–H and O–H groups in total. The SMILES string of the molecule is CCC(Nc1ccc(S(N)(=O)=O)cc1)c1nccs1. The van der Waals surface area contributed by atoms with Gasteiger partial charge in [-0.1, -0.05) is 6.92 Å². The van der Waals surface area contributed by atoms with Crippen molar-refractivity contribution in [3.8, 4) is 0 Å². The fourth-order valence-corrected chi connectivity index (χ4v) is 2.98. The van der Waals surface area contributed by atoms with Crippen LogP contribution >= 0.6 is 11.3 Å². The van der Waals surface area contributed by atoms with Crippen molar-refractivity contribution in [2.24, 2.45) is 5.14 Å². The van der Waals surface area contributed by atoms with E-state index in [2.05, 4.69) is 17.2 Å². The van der Waals surface area contributed by atoms with Crippen LogP contribution in [0.4, 0.5) is 5.69 Å². The Kier molecular flexibility index (Phi) is 4.18. The van der Waals surface area contributed by atoms with Crippen LogP contribution in [-0.2, 0) is 10.0 Å². The van der Waals surface area contributed by atoms with Crippen LogP contribution < -0.4 is 10.5 Å². The molecule has 0 spiro atoms. The number of sulfonamides is 1. The van der Waals surface area contributed by atoms with E-state index in [-0.39, 0.29) is 10.9 Å². The molecule has 0 saturated carbocycles. The first-order valence-corrected chi connectivity index (χ1v) is 8.22. The van der Waals surface area contributed by atoms with Crippen molar-refractivity contribution in [2.45, 2.75) is 24.3 Å². The maximum atomic E-state index is 11.2. The van der Waals surface area contributed by atoms with E-state index in [1.54, 1.807) is 29.7 Å². The average molecular weight is 297 g/mol. The molecule has 0 radical (unpaired) electrons. The van der Waals surface area contributed by atoms with Gasteiger partial charge in [0.15, 0.2) is 0 Å². The predicted molar refractivity (Wildman–Crippen MR) is 76.6 cm³/mol. The van der Waals surface area contributed by atoms with Crippen LogP contribution in [0.3, 0.4) is 0 Å². The van der Waals surface area contributed by atoms with Gasteiger partial charge in [-0.05, 0) is 30.7 Å². The number of aromatic nitrogens is 1. The van der Waals surface area contributed by atoms with Crippen molar-refractivity contribution in [2.75, 3.05) is 5.32 Å². The molecule has 102 valence electrons. The van der Waals surface area contributed by atoms with Crippen LogP contribution in [0.25, 0.3) is 0 Å². The van der Waals surface area contributed by atoms with Gasteiger partial charge in [0.05, 0.1) is 10.9 Å². The number of hydrogen-bond donors (Lipinski definition) is 2. The maximum Gasteiger partial charge on any atom is 0.238 e. The van der Waals surface area contributed by atoms with E-state index < -0.39 is 10.0 Å². The fraction of sp³-hybridized carbons (Fsp3) is 0.250. The summed E-state index contributed by atoms with van der Waals surface area (Å²) >= 11 is 1.59. The molecular weight excluding hydrogens is 282 g/mol. The van der Waals surface area contributed by atoms with Crippen LogP contribution in [-0.4, -0.2) is 13.4 Å². The normalized spacial score (nSPS) is 13.2. The van der Waals surface area contributed by atoms with E-state index >= 15 is 0 Å². The highest BCUT2D eigenvalue weighted by Gasteiger charge is 2.12. The van der Waals surface area contributed by atoms with Crippen molar-refractivity contribution < 1.29 is 8.42 Å². The molecule has 5 nitrogen and oxygen atoms in total. The highest BCUT2D eigenvalue weighted by molar-refractivity contribution is 7.89. The Morgan fingerprint density at radius 2 is 2.05 bits per heavy atom. The molecule has 0 aliphatic rings. The lowest BCUT2D eigenvalue weighted by Gasteiger charge is -2.16. The van der Waals surface area contributed by atoms with Gasteiger partial charge in [0, 0.05) is 17.3 Å². The standard InChI is InChI=1S/C12H15N3O2S2/c1-2-11(12-14-7-8-18-12)15-9-3-5-10(6-4-9)19(13,16)17/h3-8,11,15H,2H2,1H3,(H2,13,16,17). The first-order chi connectivity index (χ1) is 9.00. The number of nitrogens with zero attached hydrogens (tertiary/aromatic N) is 1. The fourth-order valence-electron chi connectivity index (χ4n) is 1.69. The lowest BCUT2D eigenvalue weighted by atomic mass is 10.2. The van der Waals surface area contributed by atoms with Crippen molar-refractivity contribution in [3.05, 3.63) is 40.8 Å². The largest absolute Gasteiger partial charge is 0.376 e. The highest BCUT2D eigenvalue weighted by Crippen LogP contribution is 2.24. The molecule has 1 aromatic carbocycles. The summed E-state index contributed by atoms with van der Waals surface area (Å²) in [5.74, 6) is 0. The van der Waals surface area contributed by atoms with Crippen LogP contribution in [0.1, 0.15) is 24.4 Å². The Bertz CT molecular complexity index is 622. The molecule has 0 saturated heterocycles. The minimum absolute atomic E-state index is 0.111. The summed E-state index contributed by atoms with van der Waals surface area (Å²) in [6.45, 7) is 2.07. The first-order valence-electron chi connectivity index (χ1n) is 5.79. The second-order valence-electron chi connectivity index (χ2n) is 4.04. The van der Waals surface area contributed by atoms with Crippen molar-refractivity contribution >= 4 is 27.0 Å². The van der Waals surface area contributed by atoms with Crippen LogP contribution in [0.15, 0.2) is 40.7 Å². The van der Waals surface area contributed by atoms with Crippen molar-refractivity contribution in [1.82, 2.24) is 4.98 Å². The van der Waals surface area contributed by atoms with Crippen molar-refractivity contribution in [1.29, 1.82) is 0 Å². The topological polar surface area (TPSA) is 85.1 Å². The first kappa shape index (κ1) is 14.0. The van der Waals surface area contributed by atoms with Gasteiger partial charge in [0.2, 0.25) is 10.0 Å². The van der Waals surface area contributed by atoms with Crippen LogP contribution in [0.2, 0.25) is 0 Å². The zero-order valence-electron chi connectivity index (χ0n) is 10.4. The number of rotatable bonds is 5. The van der Waals surface area contributed by atoms with Crippen molar-refractivity contribution in [3.63, 3.8) is 0 Å². The molecule has 1 aromatic heterocycles. The van der Waals surface area contributed by atoms with Gasteiger partial charge in [0.25, 0.3) is 0 Å². The zero-order chi connectivity index (χ0) is 13.9. The lowest BCUT2D eigenvalue weighted by Crippen LogP contribution is -2.12. The second kappa shape index (κ2) is 5.68. The molecule has 19 heavy (non-hydrogen) atoms. The Balaban J connectivity index is 2.15. The summed E-state index contributed by atoms with van der Waals surface area (Å²) in [4.78, 5) is 4.39. The van der Waals surface area contributed by atoms with Gasteiger partial charge in [-0.2, -0.15) is 0 Å². The van der Waals surface area contributed by atoms with Gasteiger partial charge in [0.1, 0.15) is 5.01 Å². The van der Waals surface area contributed by atoms with Gasteiger partial charge >= 0.3 is 0 Å². The van der Waals surface area contributed by atoms with E-state index in [0.29, 0.717) is 0 Å². The zero-order valence-corrected chi connectivity index (χ0v) is 12.0. The summed E-state index contributed by atoms with van der Waals surface area (Å²) in [7, 11) is -3.63. The average Bonchev–Trinajstić information content (AvgIpc) is 2.89. The van der Waals surface area contributed by atoms with E-state index in [4.69, 9.17) is 5.14 Å². The summed E-state index contributed by atoms with van der Waals surface area (Å²) in [5, 5.41) is 11.3. The van der Waals surface area contributed by atoms with Crippen LogP contribution in [0.5, 0.6) is 0 Å². The lowest BCUT2D eigenvalue weighted by molar-refractivity contribution is 0.598. The molecule has 0 aliphatic carbocycles. The van der Waals surface area contributed by atoms with Gasteiger partial charge in [-0.25, -0.2) is 18.5 Å². The van der Waals surface area contributed by atoms with E-state index in [9.17, 15) is 8.42 Å². The second-order valence-corrected chi connectivity index (χ2v) is 6.53. The number of hydrogen-bond acceptors (Lipinski definition) is 5. The molecule has 7 heteroatoms. The third-order valence-corrected chi connectivity index (χ3v) is 4.50. The molecular formula is C12H15N3O2S2. The van der Waals surface area contributed by atoms with E-state index in [0.717, 1.165) is 17.1 Å². The third kappa shape index (κ3) is 3.52. The molecule has 1 atom stereocenters. The summed E-state index contributed by atoms with van der Waals surface area (Å²) in [5.41, 5.74) is 0.842. The molecule has 2 aromatic rings. The van der Waals surface area contributed by atoms with Gasteiger partial charge in [-0.3, -0.25) is 0 Å². The minimum atomic E-state index is -3.63. The Labute approximate surface area is 116 Å². The van der Waals surface area contributed by atoms with Gasteiger partial charge in [-0.15, -0.1) is 11.3 Å². The highest BCUT2D eigenvalue weighted by atomic mass is 32.2. The monoisotopic (exact) mass is 297 g/mol. The molecule has 2 rings (SSSR count). The molecule has 1 heterocycles. The summed E-state index contributed by atoms with van der Waals surface area (Å²) in [6.07, 6.45) is 2.67. The Morgan fingerprint density at radius 1 is 1.37 bits per heavy atom. The molecule has 1 unspecified atom stereocenters. The number of nitrogens with one attached hydrogen (secondary N) is 1. The number of nitrogens with two attached hydrogens (primary N) is 1. The Morgan fingerprint density at radius 3 is 2.53 bits per heavy atom. The number of benzene rings is 1. The van der Waals surface area contributed by atoms with Crippen LogP contribution in [0, 0.1) is 0 Å². The molecule has 0 fully saturated rings. The number of anilines is 1. The molecule has 0 amide bonds. The van der Waals surface area contributed by atoms with Gasteiger partial charge < -0.3 is 5.32 Å². The quantitative estimate of drug-likeness (QED) is 0.887. The summed E-state index contributed by atoms with van der Waals surface area (Å²) < 4.78 is 22.3.